The molecule has 4 heteroatoms. The Kier molecular flexibility index (Phi) is 2.81. The molecule has 1 N–H and O–H groups in total. The summed E-state index contributed by atoms with van der Waals surface area (Å²) >= 11 is 0. The van der Waals surface area contributed by atoms with Crippen LogP contribution in [-0.4, -0.2) is 16.4 Å². The lowest BCUT2D eigenvalue weighted by Crippen LogP contribution is -2.19. The third-order valence-corrected chi connectivity index (χ3v) is 4.05. The van der Waals surface area contributed by atoms with E-state index in [1.807, 2.05) is 26.0 Å². The van der Waals surface area contributed by atoms with Crippen molar-refractivity contribution in [3.63, 3.8) is 0 Å². The molecule has 110 valence electrons. The Hall–Kier alpha value is -2.59. The van der Waals surface area contributed by atoms with Gasteiger partial charge in [0.15, 0.2) is 0 Å². The molecule has 1 aromatic carbocycles. The van der Waals surface area contributed by atoms with Gasteiger partial charge in [0, 0.05) is 34.5 Å². The highest BCUT2D eigenvalue weighted by Crippen LogP contribution is 2.42. The van der Waals surface area contributed by atoms with Gasteiger partial charge in [-0.1, -0.05) is 6.07 Å². The van der Waals surface area contributed by atoms with E-state index in [0.717, 1.165) is 38.8 Å². The summed E-state index contributed by atoms with van der Waals surface area (Å²) < 4.78 is 11.3. The van der Waals surface area contributed by atoms with Gasteiger partial charge in [-0.15, -0.1) is 0 Å². The number of hydrogen-bond donors (Lipinski definition) is 1. The lowest BCUT2D eigenvalue weighted by atomic mass is 9.92. The third kappa shape index (κ3) is 1.84. The van der Waals surface area contributed by atoms with Crippen molar-refractivity contribution in [2.75, 3.05) is 0 Å². The number of aliphatic hydroxyl groups is 1. The fraction of sp³-hybridized carbons (Fsp3) is 0.167. The fourth-order valence-electron chi connectivity index (χ4n) is 2.95. The summed E-state index contributed by atoms with van der Waals surface area (Å²) in [5.41, 5.74) is 5.61. The summed E-state index contributed by atoms with van der Waals surface area (Å²) in [6, 6.07) is 5.91. The van der Waals surface area contributed by atoms with Crippen molar-refractivity contribution in [2.24, 2.45) is 0 Å². The first kappa shape index (κ1) is 13.1. The summed E-state index contributed by atoms with van der Waals surface area (Å²) in [5.74, 6) is 0.663. The Morgan fingerprint density at radius 1 is 1.27 bits per heavy atom. The van der Waals surface area contributed by atoms with E-state index in [4.69, 9.17) is 9.15 Å². The highest BCUT2D eigenvalue weighted by Gasteiger charge is 2.25. The van der Waals surface area contributed by atoms with Gasteiger partial charge >= 0.3 is 0 Å². The maximum absolute atomic E-state index is 10.0. The second kappa shape index (κ2) is 4.71. The molecule has 0 bridgehead atoms. The first-order valence-electron chi connectivity index (χ1n) is 7.14. The Morgan fingerprint density at radius 3 is 2.91 bits per heavy atom. The van der Waals surface area contributed by atoms with Gasteiger partial charge < -0.3 is 14.3 Å². The maximum atomic E-state index is 10.0. The lowest BCUT2D eigenvalue weighted by Gasteiger charge is -2.24. The van der Waals surface area contributed by atoms with Crippen molar-refractivity contribution in [3.8, 4) is 5.75 Å². The summed E-state index contributed by atoms with van der Waals surface area (Å²) in [6.45, 7) is 3.96. The second-order valence-electron chi connectivity index (χ2n) is 5.50. The minimum Gasteiger partial charge on any atom is -0.464 e. The van der Waals surface area contributed by atoms with Crippen LogP contribution in [0.15, 0.2) is 47.3 Å². The fourth-order valence-corrected chi connectivity index (χ4v) is 2.95. The quantitative estimate of drug-likeness (QED) is 0.745. The number of aliphatic hydroxyl groups excluding tert-OH is 1. The molecule has 4 nitrogen and oxygen atoms in total. The molecule has 1 atom stereocenters. The van der Waals surface area contributed by atoms with Gasteiger partial charge in [0.1, 0.15) is 11.3 Å². The van der Waals surface area contributed by atoms with Crippen LogP contribution in [0.25, 0.3) is 16.5 Å². The molecule has 0 fully saturated rings. The number of pyridine rings is 1. The zero-order valence-corrected chi connectivity index (χ0v) is 12.3. The predicted octanol–water partition coefficient (Wildman–Crippen LogP) is 3.59. The topological polar surface area (TPSA) is 55.5 Å². The van der Waals surface area contributed by atoms with Crippen LogP contribution < -0.4 is 4.74 Å². The maximum Gasteiger partial charge on any atom is 0.218 e. The number of furan rings is 1. The van der Waals surface area contributed by atoms with E-state index in [9.17, 15) is 5.11 Å². The number of nitrogens with zero attached hydrogens (tertiary/aromatic N) is 1. The average Bonchev–Trinajstić information content (AvgIpc) is 2.90. The number of fused-ring (bicyclic) bond motifs is 2. The molecule has 0 aliphatic carbocycles. The summed E-state index contributed by atoms with van der Waals surface area (Å²) in [6.07, 6.45) is 5.99. The predicted molar refractivity (Wildman–Crippen MR) is 83.6 cm³/mol. The Bertz CT molecular complexity index is 894. The minimum absolute atomic E-state index is 0.663. The zero-order chi connectivity index (χ0) is 15.3. The normalized spacial score (nSPS) is 17.0. The molecule has 0 saturated carbocycles. The Balaban J connectivity index is 2.03. The molecule has 0 saturated heterocycles. The van der Waals surface area contributed by atoms with Crippen LogP contribution in [0.2, 0.25) is 0 Å². The van der Waals surface area contributed by atoms with Crippen molar-refractivity contribution in [1.29, 1.82) is 0 Å². The monoisotopic (exact) mass is 293 g/mol. The van der Waals surface area contributed by atoms with E-state index in [2.05, 4.69) is 11.1 Å². The van der Waals surface area contributed by atoms with Crippen LogP contribution in [0.5, 0.6) is 5.75 Å². The van der Waals surface area contributed by atoms with E-state index >= 15 is 0 Å². The van der Waals surface area contributed by atoms with Crippen molar-refractivity contribution in [1.82, 2.24) is 4.98 Å². The second-order valence-corrected chi connectivity index (χ2v) is 5.50. The largest absolute Gasteiger partial charge is 0.464 e. The first-order chi connectivity index (χ1) is 10.6. The van der Waals surface area contributed by atoms with Gasteiger partial charge in [-0.2, -0.15) is 0 Å². The standard InChI is InChI=1S/C18H15NO3/c1-10-9-21-17-11(2)18-15(6-13(10)17)14(7-16(20)22-18)12-4-3-5-19-8-12/h3-9,16,20H,1-2H3. The van der Waals surface area contributed by atoms with E-state index in [1.54, 1.807) is 24.7 Å². The number of aromatic nitrogens is 1. The highest BCUT2D eigenvalue weighted by atomic mass is 16.6. The number of benzene rings is 1. The Morgan fingerprint density at radius 2 is 2.14 bits per heavy atom. The highest BCUT2D eigenvalue weighted by molar-refractivity contribution is 5.94. The van der Waals surface area contributed by atoms with Crippen molar-refractivity contribution in [3.05, 3.63) is 65.2 Å². The average molecular weight is 293 g/mol. The molecule has 0 amide bonds. The number of aryl methyl sites for hydroxylation is 2. The molecule has 0 spiro atoms. The number of hydrogen-bond acceptors (Lipinski definition) is 4. The van der Waals surface area contributed by atoms with E-state index in [1.165, 1.54) is 0 Å². The zero-order valence-electron chi connectivity index (χ0n) is 12.3. The summed E-state index contributed by atoms with van der Waals surface area (Å²) in [4.78, 5) is 4.17. The van der Waals surface area contributed by atoms with Gasteiger partial charge in [-0.3, -0.25) is 4.98 Å². The molecule has 3 heterocycles. The van der Waals surface area contributed by atoms with Gasteiger partial charge in [-0.25, -0.2) is 0 Å². The molecule has 4 rings (SSSR count). The van der Waals surface area contributed by atoms with E-state index in [0.29, 0.717) is 5.75 Å². The van der Waals surface area contributed by atoms with Crippen molar-refractivity contribution in [2.45, 2.75) is 20.1 Å². The van der Waals surface area contributed by atoms with Crippen LogP contribution in [0.1, 0.15) is 22.3 Å². The summed E-state index contributed by atoms with van der Waals surface area (Å²) in [7, 11) is 0. The number of ether oxygens (including phenoxy) is 1. The van der Waals surface area contributed by atoms with Crippen molar-refractivity contribution < 1.29 is 14.3 Å². The SMILES string of the molecule is Cc1coc2c(C)c3c(cc12)C(c1cccnc1)=CC(O)O3. The van der Waals surface area contributed by atoms with Crippen LogP contribution in [0, 0.1) is 13.8 Å². The van der Waals surface area contributed by atoms with Crippen molar-refractivity contribution >= 4 is 16.5 Å². The minimum atomic E-state index is -0.977. The lowest BCUT2D eigenvalue weighted by molar-refractivity contribution is 0.0221. The Labute approximate surface area is 127 Å². The van der Waals surface area contributed by atoms with E-state index in [-0.39, 0.29) is 0 Å². The van der Waals surface area contributed by atoms with Gasteiger partial charge in [0.25, 0.3) is 0 Å². The number of rotatable bonds is 1. The van der Waals surface area contributed by atoms with Gasteiger partial charge in [0.05, 0.1) is 6.26 Å². The summed E-state index contributed by atoms with van der Waals surface area (Å²) in [5, 5.41) is 11.1. The van der Waals surface area contributed by atoms with E-state index < -0.39 is 6.29 Å². The third-order valence-electron chi connectivity index (χ3n) is 4.05. The first-order valence-corrected chi connectivity index (χ1v) is 7.14. The van der Waals surface area contributed by atoms with Crippen LogP contribution in [0.4, 0.5) is 0 Å². The smallest absolute Gasteiger partial charge is 0.218 e. The molecule has 22 heavy (non-hydrogen) atoms. The molecule has 1 aliphatic heterocycles. The molecule has 2 aromatic heterocycles. The molecule has 3 aromatic rings. The van der Waals surface area contributed by atoms with Crippen LogP contribution in [-0.2, 0) is 0 Å². The molecule has 1 unspecified atom stereocenters. The van der Waals surface area contributed by atoms with Gasteiger partial charge in [-0.05, 0) is 43.2 Å². The molecular weight excluding hydrogens is 278 g/mol. The van der Waals surface area contributed by atoms with Gasteiger partial charge in [0.2, 0.25) is 6.29 Å². The molecule has 1 aliphatic rings. The molecular formula is C18H15NO3. The van der Waals surface area contributed by atoms with Crippen LogP contribution in [0.3, 0.4) is 0 Å². The molecule has 0 radical (unpaired) electrons. The van der Waals surface area contributed by atoms with Crippen LogP contribution >= 0.6 is 0 Å².